The first-order chi connectivity index (χ1) is 7.13. The molecule has 1 rings (SSSR count). The van der Waals surface area contributed by atoms with Crippen molar-refractivity contribution in [3.63, 3.8) is 0 Å². The van der Waals surface area contributed by atoms with Crippen LogP contribution < -0.4 is 5.32 Å². The molecule has 0 aromatic heterocycles. The number of aliphatic hydroxyl groups excluding tert-OH is 1. The second kappa shape index (κ2) is 6.46. The van der Waals surface area contributed by atoms with Crippen molar-refractivity contribution in [2.75, 3.05) is 19.6 Å². The first-order valence-corrected chi connectivity index (χ1v) is 6.29. The lowest BCUT2D eigenvalue weighted by Crippen LogP contribution is -2.47. The molecule has 0 radical (unpaired) electrons. The van der Waals surface area contributed by atoms with Crippen LogP contribution in [0.4, 0.5) is 0 Å². The number of hydrogen-bond acceptors (Lipinski definition) is 3. The number of rotatable bonds is 5. The third kappa shape index (κ3) is 4.49. The summed E-state index contributed by atoms with van der Waals surface area (Å²) in [5.74, 6) is 0. The Kier molecular flexibility index (Phi) is 5.58. The van der Waals surface area contributed by atoms with Crippen molar-refractivity contribution in [1.82, 2.24) is 10.2 Å². The van der Waals surface area contributed by atoms with Crippen molar-refractivity contribution < 1.29 is 5.11 Å². The molecule has 0 bridgehead atoms. The van der Waals surface area contributed by atoms with Gasteiger partial charge in [0.1, 0.15) is 0 Å². The number of nitrogens with zero attached hydrogens (tertiary/aromatic N) is 1. The van der Waals surface area contributed by atoms with Crippen molar-refractivity contribution in [1.29, 1.82) is 0 Å². The van der Waals surface area contributed by atoms with Crippen LogP contribution in [-0.4, -0.2) is 47.8 Å². The number of likely N-dealkylation sites (tertiary alicyclic amines) is 1. The van der Waals surface area contributed by atoms with Crippen molar-refractivity contribution in [2.45, 2.75) is 58.2 Å². The maximum absolute atomic E-state index is 9.17. The summed E-state index contributed by atoms with van der Waals surface area (Å²) in [6, 6.07) is 1.36. The highest BCUT2D eigenvalue weighted by Gasteiger charge is 2.23. The Morgan fingerprint density at radius 2 is 2.27 bits per heavy atom. The minimum atomic E-state index is -0.175. The largest absolute Gasteiger partial charge is 0.393 e. The number of aliphatic hydroxyl groups is 1. The predicted molar refractivity (Wildman–Crippen MR) is 64.0 cm³/mol. The number of nitrogens with one attached hydrogen (secondary N) is 1. The Labute approximate surface area is 93.9 Å². The van der Waals surface area contributed by atoms with Crippen molar-refractivity contribution in [3.05, 3.63) is 0 Å². The summed E-state index contributed by atoms with van der Waals surface area (Å²) in [4.78, 5) is 2.53. The Morgan fingerprint density at radius 1 is 1.53 bits per heavy atom. The molecule has 0 amide bonds. The van der Waals surface area contributed by atoms with Gasteiger partial charge >= 0.3 is 0 Å². The molecule has 2 N–H and O–H groups in total. The van der Waals surface area contributed by atoms with Crippen LogP contribution in [0.3, 0.4) is 0 Å². The molecular formula is C12H26N2O. The zero-order chi connectivity index (χ0) is 11.3. The standard InChI is InChI=1S/C12H26N2O/c1-4-14-8-6-12(9-10(14)2)13-7-5-11(3)15/h10-13,15H,4-9H2,1-3H3. The molecule has 1 aliphatic heterocycles. The van der Waals surface area contributed by atoms with E-state index in [2.05, 4.69) is 24.1 Å². The van der Waals surface area contributed by atoms with Gasteiger partial charge in [-0.15, -0.1) is 0 Å². The van der Waals surface area contributed by atoms with E-state index >= 15 is 0 Å². The molecule has 3 atom stereocenters. The summed E-state index contributed by atoms with van der Waals surface area (Å²) in [5.41, 5.74) is 0. The third-order valence-corrected chi connectivity index (χ3v) is 3.42. The highest BCUT2D eigenvalue weighted by Crippen LogP contribution is 2.16. The van der Waals surface area contributed by atoms with Crippen LogP contribution in [0.2, 0.25) is 0 Å². The van der Waals surface area contributed by atoms with E-state index in [0.717, 1.165) is 13.0 Å². The number of piperidine rings is 1. The van der Waals surface area contributed by atoms with Crippen molar-refractivity contribution >= 4 is 0 Å². The molecule has 0 aliphatic carbocycles. The second-order valence-electron chi connectivity index (χ2n) is 4.79. The Morgan fingerprint density at radius 3 is 2.80 bits per heavy atom. The van der Waals surface area contributed by atoms with Gasteiger partial charge < -0.3 is 15.3 Å². The fourth-order valence-corrected chi connectivity index (χ4v) is 2.37. The molecule has 0 spiro atoms. The van der Waals surface area contributed by atoms with Crippen LogP contribution >= 0.6 is 0 Å². The fourth-order valence-electron chi connectivity index (χ4n) is 2.37. The average molecular weight is 214 g/mol. The summed E-state index contributed by atoms with van der Waals surface area (Å²) in [5, 5.41) is 12.7. The first-order valence-electron chi connectivity index (χ1n) is 6.29. The Bertz CT molecular complexity index is 173. The summed E-state index contributed by atoms with van der Waals surface area (Å²) in [6.07, 6.45) is 3.18. The molecule has 1 fully saturated rings. The zero-order valence-electron chi connectivity index (χ0n) is 10.4. The lowest BCUT2D eigenvalue weighted by atomic mass is 9.98. The van der Waals surface area contributed by atoms with Gasteiger partial charge in [0.15, 0.2) is 0 Å². The van der Waals surface area contributed by atoms with Gasteiger partial charge in [-0.3, -0.25) is 0 Å². The molecular weight excluding hydrogens is 188 g/mol. The van der Waals surface area contributed by atoms with E-state index in [0.29, 0.717) is 12.1 Å². The average Bonchev–Trinajstić information content (AvgIpc) is 2.17. The molecule has 3 heteroatoms. The van der Waals surface area contributed by atoms with E-state index < -0.39 is 0 Å². The van der Waals surface area contributed by atoms with Gasteiger partial charge in [0.2, 0.25) is 0 Å². The first kappa shape index (κ1) is 12.9. The molecule has 0 saturated carbocycles. The Balaban J connectivity index is 2.17. The molecule has 3 unspecified atom stereocenters. The van der Waals surface area contributed by atoms with Gasteiger partial charge in [0.25, 0.3) is 0 Å². The fraction of sp³-hybridized carbons (Fsp3) is 1.00. The highest BCUT2D eigenvalue weighted by atomic mass is 16.3. The van der Waals surface area contributed by atoms with E-state index in [1.165, 1.54) is 25.9 Å². The zero-order valence-corrected chi connectivity index (χ0v) is 10.4. The molecule has 15 heavy (non-hydrogen) atoms. The minimum absolute atomic E-state index is 0.175. The molecule has 1 aliphatic rings. The monoisotopic (exact) mass is 214 g/mol. The summed E-state index contributed by atoms with van der Waals surface area (Å²) < 4.78 is 0. The minimum Gasteiger partial charge on any atom is -0.393 e. The SMILES string of the molecule is CCN1CCC(NCCC(C)O)CC1C. The van der Waals surface area contributed by atoms with Crippen molar-refractivity contribution in [2.24, 2.45) is 0 Å². The summed E-state index contributed by atoms with van der Waals surface area (Å²) >= 11 is 0. The maximum atomic E-state index is 9.17. The predicted octanol–water partition coefficient (Wildman–Crippen LogP) is 1.22. The summed E-state index contributed by atoms with van der Waals surface area (Å²) in [7, 11) is 0. The van der Waals surface area contributed by atoms with Gasteiger partial charge in [-0.05, 0) is 52.7 Å². The van der Waals surface area contributed by atoms with Gasteiger partial charge in [0.05, 0.1) is 6.10 Å². The molecule has 0 aromatic rings. The van der Waals surface area contributed by atoms with Crippen LogP contribution in [0, 0.1) is 0 Å². The van der Waals surface area contributed by atoms with Gasteiger partial charge in [0, 0.05) is 12.1 Å². The molecule has 3 nitrogen and oxygen atoms in total. The van der Waals surface area contributed by atoms with E-state index in [4.69, 9.17) is 5.11 Å². The topological polar surface area (TPSA) is 35.5 Å². The summed E-state index contributed by atoms with van der Waals surface area (Å²) in [6.45, 7) is 9.72. The van der Waals surface area contributed by atoms with E-state index in [-0.39, 0.29) is 6.10 Å². The quantitative estimate of drug-likeness (QED) is 0.722. The lowest BCUT2D eigenvalue weighted by Gasteiger charge is -2.37. The van der Waals surface area contributed by atoms with Crippen LogP contribution in [0.1, 0.15) is 40.0 Å². The van der Waals surface area contributed by atoms with Crippen LogP contribution in [0.25, 0.3) is 0 Å². The smallest absolute Gasteiger partial charge is 0.0524 e. The second-order valence-corrected chi connectivity index (χ2v) is 4.79. The number of hydrogen-bond donors (Lipinski definition) is 2. The van der Waals surface area contributed by atoms with Crippen LogP contribution in [0.5, 0.6) is 0 Å². The van der Waals surface area contributed by atoms with Gasteiger partial charge in [-0.1, -0.05) is 6.92 Å². The molecule has 90 valence electrons. The third-order valence-electron chi connectivity index (χ3n) is 3.42. The van der Waals surface area contributed by atoms with Crippen LogP contribution in [0.15, 0.2) is 0 Å². The maximum Gasteiger partial charge on any atom is 0.0524 e. The van der Waals surface area contributed by atoms with Crippen molar-refractivity contribution in [3.8, 4) is 0 Å². The van der Waals surface area contributed by atoms with Crippen LogP contribution in [-0.2, 0) is 0 Å². The lowest BCUT2D eigenvalue weighted by molar-refractivity contribution is 0.138. The van der Waals surface area contributed by atoms with Gasteiger partial charge in [-0.25, -0.2) is 0 Å². The Hall–Kier alpha value is -0.120. The molecule has 1 saturated heterocycles. The van der Waals surface area contributed by atoms with E-state index in [1.807, 2.05) is 6.92 Å². The molecule has 1 heterocycles. The van der Waals surface area contributed by atoms with E-state index in [9.17, 15) is 0 Å². The molecule has 0 aromatic carbocycles. The highest BCUT2D eigenvalue weighted by molar-refractivity contribution is 4.82. The van der Waals surface area contributed by atoms with E-state index in [1.54, 1.807) is 0 Å². The normalized spacial score (nSPS) is 30.4. The van der Waals surface area contributed by atoms with Gasteiger partial charge in [-0.2, -0.15) is 0 Å².